The Balaban J connectivity index is 3.46. The van der Waals surface area contributed by atoms with Crippen LogP contribution >= 0.6 is 10.7 Å². The Labute approximate surface area is 124 Å². The highest BCUT2D eigenvalue weighted by Gasteiger charge is 2.29. The van der Waals surface area contributed by atoms with Gasteiger partial charge in [0.1, 0.15) is 9.79 Å². The van der Waals surface area contributed by atoms with Crippen molar-refractivity contribution in [3.05, 3.63) is 36.9 Å². The van der Waals surface area contributed by atoms with Gasteiger partial charge in [-0.1, -0.05) is 25.1 Å². The SMILES string of the molecule is C=CCN(CCC)S(=O)(=O)c1ccccc1S(=O)(=O)Cl. The van der Waals surface area contributed by atoms with Crippen molar-refractivity contribution in [1.29, 1.82) is 0 Å². The minimum Gasteiger partial charge on any atom is -0.207 e. The third-order valence-corrected chi connectivity index (χ3v) is 5.97. The highest BCUT2D eigenvalue weighted by Crippen LogP contribution is 2.26. The van der Waals surface area contributed by atoms with Crippen LogP contribution < -0.4 is 0 Å². The second kappa shape index (κ2) is 6.71. The molecule has 112 valence electrons. The number of hydrogen-bond acceptors (Lipinski definition) is 4. The van der Waals surface area contributed by atoms with Crippen molar-refractivity contribution in [2.24, 2.45) is 0 Å². The van der Waals surface area contributed by atoms with Crippen LogP contribution in [0.25, 0.3) is 0 Å². The average Bonchev–Trinajstić information content (AvgIpc) is 2.37. The number of nitrogens with zero attached hydrogens (tertiary/aromatic N) is 1. The molecular weight excluding hydrogens is 322 g/mol. The monoisotopic (exact) mass is 337 g/mol. The molecule has 0 aromatic heterocycles. The zero-order valence-corrected chi connectivity index (χ0v) is 13.4. The van der Waals surface area contributed by atoms with Gasteiger partial charge in [-0.2, -0.15) is 4.31 Å². The van der Waals surface area contributed by atoms with E-state index in [1.807, 2.05) is 6.92 Å². The Bertz CT molecular complexity index is 683. The maximum Gasteiger partial charge on any atom is 0.262 e. The summed E-state index contributed by atoms with van der Waals surface area (Å²) in [6.45, 7) is 5.71. The van der Waals surface area contributed by atoms with Gasteiger partial charge in [0.2, 0.25) is 10.0 Å². The summed E-state index contributed by atoms with van der Waals surface area (Å²) in [5, 5.41) is 0. The van der Waals surface area contributed by atoms with Crippen LogP contribution in [0.3, 0.4) is 0 Å². The topological polar surface area (TPSA) is 71.5 Å². The molecule has 0 spiro atoms. The smallest absolute Gasteiger partial charge is 0.207 e. The molecule has 0 amide bonds. The van der Waals surface area contributed by atoms with Gasteiger partial charge >= 0.3 is 0 Å². The molecule has 0 fully saturated rings. The number of sulfonamides is 1. The lowest BCUT2D eigenvalue weighted by atomic mass is 10.4. The average molecular weight is 338 g/mol. The normalized spacial score (nSPS) is 12.6. The van der Waals surface area contributed by atoms with Crippen molar-refractivity contribution in [3.8, 4) is 0 Å². The van der Waals surface area contributed by atoms with Crippen molar-refractivity contribution in [2.45, 2.75) is 23.1 Å². The molecule has 1 aromatic carbocycles. The molecule has 0 saturated carbocycles. The first kappa shape index (κ1) is 17.2. The van der Waals surface area contributed by atoms with Gasteiger partial charge in [0.25, 0.3) is 9.05 Å². The quantitative estimate of drug-likeness (QED) is 0.565. The van der Waals surface area contributed by atoms with Gasteiger partial charge in [0.05, 0.1) is 0 Å². The Morgan fingerprint density at radius 3 is 2.20 bits per heavy atom. The largest absolute Gasteiger partial charge is 0.262 e. The first-order valence-corrected chi connectivity index (χ1v) is 9.64. The van der Waals surface area contributed by atoms with E-state index >= 15 is 0 Å². The zero-order chi connectivity index (χ0) is 15.4. The lowest BCUT2D eigenvalue weighted by molar-refractivity contribution is 0.440. The van der Waals surface area contributed by atoms with Crippen LogP contribution in [-0.2, 0) is 19.1 Å². The van der Waals surface area contributed by atoms with Crippen LogP contribution in [0.15, 0.2) is 46.7 Å². The molecule has 5 nitrogen and oxygen atoms in total. The van der Waals surface area contributed by atoms with Gasteiger partial charge in [-0.15, -0.1) is 6.58 Å². The minimum atomic E-state index is -4.14. The highest BCUT2D eigenvalue weighted by molar-refractivity contribution is 8.14. The molecule has 1 aromatic rings. The molecule has 0 aliphatic heterocycles. The summed E-state index contributed by atoms with van der Waals surface area (Å²) >= 11 is 0. The van der Waals surface area contributed by atoms with E-state index < -0.39 is 24.0 Å². The number of halogens is 1. The Kier molecular flexibility index (Phi) is 5.76. The van der Waals surface area contributed by atoms with Crippen molar-refractivity contribution < 1.29 is 16.8 Å². The molecule has 20 heavy (non-hydrogen) atoms. The van der Waals surface area contributed by atoms with Crippen LogP contribution in [0.1, 0.15) is 13.3 Å². The zero-order valence-electron chi connectivity index (χ0n) is 11.0. The summed E-state index contributed by atoms with van der Waals surface area (Å²) in [5.74, 6) is 0. The molecule has 0 aliphatic rings. The fourth-order valence-electron chi connectivity index (χ4n) is 1.71. The molecule has 0 saturated heterocycles. The first-order chi connectivity index (χ1) is 9.25. The van der Waals surface area contributed by atoms with Crippen LogP contribution in [-0.4, -0.2) is 34.2 Å². The van der Waals surface area contributed by atoms with E-state index in [9.17, 15) is 16.8 Å². The molecule has 8 heteroatoms. The summed E-state index contributed by atoms with van der Waals surface area (Å²) < 4.78 is 49.2. The van der Waals surface area contributed by atoms with Crippen molar-refractivity contribution in [1.82, 2.24) is 4.31 Å². The summed E-state index contributed by atoms with van der Waals surface area (Å²) in [5.41, 5.74) is 0. The molecule has 0 atom stereocenters. The molecule has 0 unspecified atom stereocenters. The molecule has 0 aliphatic carbocycles. The van der Waals surface area contributed by atoms with Gasteiger partial charge in [-0.05, 0) is 18.6 Å². The van der Waals surface area contributed by atoms with E-state index in [1.54, 1.807) is 0 Å². The molecule has 0 radical (unpaired) electrons. The second-order valence-electron chi connectivity index (χ2n) is 4.04. The van der Waals surface area contributed by atoms with Gasteiger partial charge in [0.15, 0.2) is 0 Å². The second-order valence-corrected chi connectivity index (χ2v) is 8.48. The molecular formula is C12H16ClNO4S2. The third kappa shape index (κ3) is 3.82. The fraction of sp³-hybridized carbons (Fsp3) is 0.333. The molecule has 0 bridgehead atoms. The highest BCUT2D eigenvalue weighted by atomic mass is 35.7. The van der Waals surface area contributed by atoms with Crippen LogP contribution in [0.4, 0.5) is 0 Å². The standard InChI is InChI=1S/C12H16ClNO4S2/c1-3-9-14(10-4-2)20(17,18)12-8-6-5-7-11(12)19(13,15)16/h3,5-8H,1,4,9-10H2,2H3. The number of hydrogen-bond donors (Lipinski definition) is 0. The molecule has 1 rings (SSSR count). The summed E-state index contributed by atoms with van der Waals surface area (Å²) in [6, 6.07) is 5.28. The van der Waals surface area contributed by atoms with Crippen LogP contribution in [0.5, 0.6) is 0 Å². The van der Waals surface area contributed by atoms with Gasteiger partial charge < -0.3 is 0 Å². The predicted octanol–water partition coefficient (Wildman–Crippen LogP) is 2.20. The van der Waals surface area contributed by atoms with Crippen molar-refractivity contribution >= 4 is 29.8 Å². The minimum absolute atomic E-state index is 0.104. The summed E-state index contributed by atoms with van der Waals surface area (Å²) in [7, 11) is -2.78. The Hall–Kier alpha value is -0.890. The first-order valence-electron chi connectivity index (χ1n) is 5.90. The molecule has 0 N–H and O–H groups in total. The van der Waals surface area contributed by atoms with E-state index in [0.29, 0.717) is 6.42 Å². The summed E-state index contributed by atoms with van der Waals surface area (Å²) in [4.78, 5) is -0.725. The Morgan fingerprint density at radius 1 is 1.20 bits per heavy atom. The van der Waals surface area contributed by atoms with E-state index in [2.05, 4.69) is 6.58 Å². The third-order valence-electron chi connectivity index (χ3n) is 2.54. The van der Waals surface area contributed by atoms with Crippen LogP contribution in [0, 0.1) is 0 Å². The van der Waals surface area contributed by atoms with Gasteiger partial charge in [-0.25, -0.2) is 16.8 Å². The summed E-state index contributed by atoms with van der Waals surface area (Å²) in [6.07, 6.45) is 2.05. The van der Waals surface area contributed by atoms with Gasteiger partial charge in [0, 0.05) is 23.8 Å². The fourth-order valence-corrected chi connectivity index (χ4v) is 5.02. The lowest BCUT2D eigenvalue weighted by Gasteiger charge is -2.21. The predicted molar refractivity (Wildman–Crippen MR) is 78.7 cm³/mol. The van der Waals surface area contributed by atoms with Gasteiger partial charge in [-0.3, -0.25) is 0 Å². The van der Waals surface area contributed by atoms with Crippen molar-refractivity contribution in [2.75, 3.05) is 13.1 Å². The van der Waals surface area contributed by atoms with Crippen molar-refractivity contribution in [3.63, 3.8) is 0 Å². The van der Waals surface area contributed by atoms with E-state index in [4.69, 9.17) is 10.7 Å². The lowest BCUT2D eigenvalue weighted by Crippen LogP contribution is -2.32. The number of benzene rings is 1. The maximum absolute atomic E-state index is 12.5. The van der Waals surface area contributed by atoms with E-state index in [0.717, 1.165) is 0 Å². The van der Waals surface area contributed by atoms with E-state index in [-0.39, 0.29) is 18.0 Å². The Morgan fingerprint density at radius 2 is 1.75 bits per heavy atom. The maximum atomic E-state index is 12.5. The van der Waals surface area contributed by atoms with E-state index in [1.165, 1.54) is 34.6 Å². The molecule has 0 heterocycles. The van der Waals surface area contributed by atoms with Crippen LogP contribution in [0.2, 0.25) is 0 Å². The number of rotatable bonds is 7.